The number of nitrogens with zero attached hydrogens (tertiary/aromatic N) is 6. The summed E-state index contributed by atoms with van der Waals surface area (Å²) in [6, 6.07) is 32.3. The second-order valence-corrected chi connectivity index (χ2v) is 9.77. The van der Waals surface area contributed by atoms with Gasteiger partial charge in [0.2, 0.25) is 0 Å². The summed E-state index contributed by atoms with van der Waals surface area (Å²) in [4.78, 5) is 32.2. The van der Waals surface area contributed by atoms with Crippen LogP contribution >= 0.6 is 0 Å². The van der Waals surface area contributed by atoms with Crippen molar-refractivity contribution >= 4 is 57.8 Å². The summed E-state index contributed by atoms with van der Waals surface area (Å²) >= 11 is 0. The number of fused-ring (bicyclic) bond motifs is 4. The SMILES string of the molecule is CN=C1NC(=NC2=N/C(=N\c3[nH]c(/N=C4\N=Cc5ccccc54)c4ccccc34)c3ccccc32)c2ccccc21. The zero-order chi connectivity index (χ0) is 27.3. The van der Waals surface area contributed by atoms with Crippen LogP contribution in [0.25, 0.3) is 10.8 Å². The van der Waals surface area contributed by atoms with Crippen molar-refractivity contribution in [3.05, 3.63) is 130 Å². The Balaban J connectivity index is 1.24. The molecule has 0 bridgehead atoms. The van der Waals surface area contributed by atoms with E-state index in [-0.39, 0.29) is 0 Å². The van der Waals surface area contributed by atoms with Crippen LogP contribution < -0.4 is 5.32 Å². The van der Waals surface area contributed by atoms with Gasteiger partial charge in [0.15, 0.2) is 17.5 Å². The fourth-order valence-corrected chi connectivity index (χ4v) is 5.41. The van der Waals surface area contributed by atoms with Crippen molar-refractivity contribution in [2.24, 2.45) is 30.0 Å². The monoisotopic (exact) mass is 530 g/mol. The number of aliphatic imine (C=N–C) groups is 6. The van der Waals surface area contributed by atoms with E-state index in [9.17, 15) is 0 Å². The Labute approximate surface area is 235 Å². The molecule has 1 aromatic heterocycles. The molecule has 0 unspecified atom stereocenters. The van der Waals surface area contributed by atoms with E-state index in [2.05, 4.69) is 20.3 Å². The van der Waals surface area contributed by atoms with Gasteiger partial charge in [-0.15, -0.1) is 0 Å². The average molecular weight is 531 g/mol. The molecule has 194 valence electrons. The molecular weight excluding hydrogens is 508 g/mol. The Bertz CT molecular complexity index is 2090. The van der Waals surface area contributed by atoms with Gasteiger partial charge in [0.25, 0.3) is 0 Å². The number of benzene rings is 4. The van der Waals surface area contributed by atoms with Crippen LogP contribution in [0.3, 0.4) is 0 Å². The number of aromatic amines is 1. The molecule has 8 nitrogen and oxygen atoms in total. The van der Waals surface area contributed by atoms with Crippen molar-refractivity contribution in [1.29, 1.82) is 0 Å². The lowest BCUT2D eigenvalue weighted by molar-refractivity contribution is 1.29. The topological polar surface area (TPSA) is 102 Å². The first-order chi connectivity index (χ1) is 20.3. The maximum Gasteiger partial charge on any atom is 0.164 e. The van der Waals surface area contributed by atoms with E-state index in [4.69, 9.17) is 20.0 Å². The van der Waals surface area contributed by atoms with Gasteiger partial charge in [-0.05, 0) is 0 Å². The van der Waals surface area contributed by atoms with Gasteiger partial charge in [-0.2, -0.15) is 0 Å². The van der Waals surface area contributed by atoms with E-state index in [0.717, 1.165) is 55.8 Å². The summed E-state index contributed by atoms with van der Waals surface area (Å²) in [6.45, 7) is 0. The number of amidine groups is 5. The number of H-pyrrole nitrogens is 1. The summed E-state index contributed by atoms with van der Waals surface area (Å²) in [5.74, 6) is 4.76. The molecule has 0 spiro atoms. The molecule has 0 amide bonds. The van der Waals surface area contributed by atoms with Crippen LogP contribution in [-0.2, 0) is 0 Å². The van der Waals surface area contributed by atoms with Crippen molar-refractivity contribution in [2.45, 2.75) is 0 Å². The molecule has 41 heavy (non-hydrogen) atoms. The Morgan fingerprint density at radius 3 is 1.88 bits per heavy atom. The molecule has 0 fully saturated rings. The minimum atomic E-state index is 0.589. The number of nitrogens with one attached hydrogen (secondary N) is 2. The van der Waals surface area contributed by atoms with E-state index in [1.807, 2.05) is 103 Å². The van der Waals surface area contributed by atoms with Crippen molar-refractivity contribution in [2.75, 3.05) is 7.05 Å². The van der Waals surface area contributed by atoms with Crippen molar-refractivity contribution in [3.63, 3.8) is 0 Å². The van der Waals surface area contributed by atoms with Gasteiger partial charge in [-0.25, -0.2) is 25.0 Å². The zero-order valence-corrected chi connectivity index (χ0v) is 22.0. The van der Waals surface area contributed by atoms with Gasteiger partial charge in [-0.3, -0.25) is 4.99 Å². The predicted molar refractivity (Wildman–Crippen MR) is 166 cm³/mol. The summed E-state index contributed by atoms with van der Waals surface area (Å²) < 4.78 is 0. The summed E-state index contributed by atoms with van der Waals surface area (Å²) in [5.41, 5.74) is 5.93. The molecule has 0 saturated carbocycles. The smallest absolute Gasteiger partial charge is 0.164 e. The van der Waals surface area contributed by atoms with E-state index < -0.39 is 0 Å². The summed E-state index contributed by atoms with van der Waals surface area (Å²) in [7, 11) is 1.77. The molecule has 0 aliphatic carbocycles. The second-order valence-electron chi connectivity index (χ2n) is 9.77. The molecule has 8 rings (SSSR count). The van der Waals surface area contributed by atoms with Crippen LogP contribution in [0.15, 0.2) is 127 Å². The standard InChI is InChI=1S/C33H22N8/c1-34-27-21-12-4-5-13-22(21)29(36-27)38-31-25-16-8-9-17-26(25)33(40-31)41-32-24-15-7-6-14-23(24)30(39-32)37-28-20-11-3-2-10-19(20)18-35-28/h2-18,39H,1H3,(H,34,36,38,40,41)/b37-28-. The minimum Gasteiger partial charge on any atom is -0.324 e. The fourth-order valence-electron chi connectivity index (χ4n) is 5.41. The Morgan fingerprint density at radius 2 is 1.15 bits per heavy atom. The fraction of sp³-hybridized carbons (Fsp3) is 0.0303. The van der Waals surface area contributed by atoms with Gasteiger partial charge < -0.3 is 10.3 Å². The van der Waals surface area contributed by atoms with Crippen molar-refractivity contribution in [3.8, 4) is 0 Å². The average Bonchev–Trinajstić information content (AvgIpc) is 3.78. The Morgan fingerprint density at radius 1 is 0.561 bits per heavy atom. The van der Waals surface area contributed by atoms with E-state index >= 15 is 0 Å². The molecule has 0 radical (unpaired) electrons. The minimum absolute atomic E-state index is 0.589. The normalized spacial score (nSPS) is 18.8. The zero-order valence-electron chi connectivity index (χ0n) is 22.0. The van der Waals surface area contributed by atoms with Gasteiger partial charge in [0.05, 0.1) is 0 Å². The molecule has 0 atom stereocenters. The largest absolute Gasteiger partial charge is 0.324 e. The van der Waals surface area contributed by atoms with Gasteiger partial charge >= 0.3 is 0 Å². The highest BCUT2D eigenvalue weighted by molar-refractivity contribution is 6.31. The van der Waals surface area contributed by atoms with Crippen LogP contribution in [0.2, 0.25) is 0 Å². The molecule has 3 aliphatic rings. The van der Waals surface area contributed by atoms with E-state index in [1.54, 1.807) is 7.05 Å². The lowest BCUT2D eigenvalue weighted by Gasteiger charge is -2.01. The number of rotatable bonds is 2. The predicted octanol–water partition coefficient (Wildman–Crippen LogP) is 5.94. The quantitative estimate of drug-likeness (QED) is 0.290. The first kappa shape index (κ1) is 23.2. The Hall–Kier alpha value is -5.76. The lowest BCUT2D eigenvalue weighted by atomic mass is 10.1. The second kappa shape index (κ2) is 9.17. The van der Waals surface area contributed by atoms with Crippen LogP contribution in [-0.4, -0.2) is 47.4 Å². The van der Waals surface area contributed by atoms with Gasteiger partial charge in [-0.1, -0.05) is 97.1 Å². The third-order valence-electron chi connectivity index (χ3n) is 7.37. The van der Waals surface area contributed by atoms with Gasteiger partial charge in [0, 0.05) is 57.4 Å². The van der Waals surface area contributed by atoms with Crippen molar-refractivity contribution < 1.29 is 0 Å². The molecule has 4 heterocycles. The molecule has 5 aromatic rings. The molecule has 8 heteroatoms. The van der Waals surface area contributed by atoms with Crippen LogP contribution in [0.5, 0.6) is 0 Å². The van der Waals surface area contributed by atoms with Crippen LogP contribution in [0.4, 0.5) is 11.6 Å². The lowest BCUT2D eigenvalue weighted by Crippen LogP contribution is -2.23. The molecule has 3 aliphatic heterocycles. The molecule has 0 saturated heterocycles. The maximum absolute atomic E-state index is 5.02. The molecule has 2 N–H and O–H groups in total. The summed E-state index contributed by atoms with van der Waals surface area (Å²) in [6.07, 6.45) is 1.85. The van der Waals surface area contributed by atoms with Crippen molar-refractivity contribution in [1.82, 2.24) is 10.3 Å². The van der Waals surface area contributed by atoms with Gasteiger partial charge in [0.1, 0.15) is 23.3 Å². The highest BCUT2D eigenvalue weighted by Gasteiger charge is 2.27. The number of hydrogen-bond acceptors (Lipinski definition) is 4. The number of aromatic nitrogens is 1. The Kier molecular flexibility index (Phi) is 5.18. The van der Waals surface area contributed by atoms with E-state index in [1.165, 1.54) is 0 Å². The van der Waals surface area contributed by atoms with Crippen LogP contribution in [0, 0.1) is 0 Å². The highest BCUT2D eigenvalue weighted by Crippen LogP contribution is 2.36. The first-order valence-corrected chi connectivity index (χ1v) is 13.3. The van der Waals surface area contributed by atoms with E-state index in [0.29, 0.717) is 29.1 Å². The molecule has 4 aromatic carbocycles. The number of hydrogen-bond donors (Lipinski definition) is 2. The molecular formula is C33H22N8. The highest BCUT2D eigenvalue weighted by atomic mass is 15.1. The third kappa shape index (κ3) is 3.76. The van der Waals surface area contributed by atoms with Crippen LogP contribution in [0.1, 0.15) is 33.4 Å². The first-order valence-electron chi connectivity index (χ1n) is 13.3. The summed E-state index contributed by atoms with van der Waals surface area (Å²) in [5, 5.41) is 5.27. The maximum atomic E-state index is 5.02. The third-order valence-corrected chi connectivity index (χ3v) is 7.37.